The van der Waals surface area contributed by atoms with Gasteiger partial charge in [0.1, 0.15) is 5.82 Å². The second-order valence-corrected chi connectivity index (χ2v) is 8.26. The van der Waals surface area contributed by atoms with Crippen molar-refractivity contribution in [3.05, 3.63) is 73.3 Å². The smallest absolute Gasteiger partial charge is 0.254 e. The zero-order valence-electron chi connectivity index (χ0n) is 15.9. The summed E-state index contributed by atoms with van der Waals surface area (Å²) in [5.41, 5.74) is 1.89. The Balaban J connectivity index is 1.69. The molecule has 0 spiro atoms. The van der Waals surface area contributed by atoms with Crippen LogP contribution in [0.1, 0.15) is 29.5 Å². The van der Waals surface area contributed by atoms with Gasteiger partial charge in [-0.2, -0.15) is 0 Å². The minimum absolute atomic E-state index is 0.0120. The van der Waals surface area contributed by atoms with E-state index in [1.807, 2.05) is 56.3 Å². The number of nitrogens with zero attached hydrogens (tertiary/aromatic N) is 2. The summed E-state index contributed by atoms with van der Waals surface area (Å²) in [6.07, 6.45) is 0.632. The van der Waals surface area contributed by atoms with Gasteiger partial charge in [0.2, 0.25) is 5.91 Å². The van der Waals surface area contributed by atoms with Crippen LogP contribution in [0.5, 0.6) is 0 Å². The number of aromatic nitrogens is 2. The highest BCUT2D eigenvalue weighted by molar-refractivity contribution is 7.16. The molecule has 0 aliphatic carbocycles. The fourth-order valence-corrected chi connectivity index (χ4v) is 4.13. The molecule has 1 aromatic carbocycles. The van der Waals surface area contributed by atoms with Crippen LogP contribution in [0, 0.1) is 6.92 Å². The number of aryl methyl sites for hydroxylation is 1. The molecule has 28 heavy (non-hydrogen) atoms. The summed E-state index contributed by atoms with van der Waals surface area (Å²) in [5.74, 6) is 0.556. The van der Waals surface area contributed by atoms with Gasteiger partial charge in [-0.15, -0.1) is 11.3 Å². The molecule has 0 atom stereocenters. The number of amides is 1. The number of aromatic amines is 1. The Morgan fingerprint density at radius 2 is 1.96 bits per heavy atom. The van der Waals surface area contributed by atoms with Gasteiger partial charge in [0, 0.05) is 34.7 Å². The van der Waals surface area contributed by atoms with Gasteiger partial charge < -0.3 is 9.88 Å². The highest BCUT2D eigenvalue weighted by Gasteiger charge is 2.16. The van der Waals surface area contributed by atoms with E-state index >= 15 is 0 Å². The van der Waals surface area contributed by atoms with E-state index in [2.05, 4.69) is 9.97 Å². The van der Waals surface area contributed by atoms with E-state index in [9.17, 15) is 9.59 Å². The van der Waals surface area contributed by atoms with Crippen molar-refractivity contribution in [2.24, 2.45) is 0 Å². The van der Waals surface area contributed by atoms with Crippen LogP contribution >= 0.6 is 22.9 Å². The lowest BCUT2D eigenvalue weighted by Crippen LogP contribution is -2.31. The molecule has 0 fully saturated rings. The summed E-state index contributed by atoms with van der Waals surface area (Å²) < 4.78 is 0.713. The molecule has 0 radical (unpaired) electrons. The second-order valence-electron chi connectivity index (χ2n) is 6.46. The first-order chi connectivity index (χ1) is 13.5. The summed E-state index contributed by atoms with van der Waals surface area (Å²) in [5, 5.41) is 0. The van der Waals surface area contributed by atoms with Gasteiger partial charge in [-0.1, -0.05) is 41.9 Å². The summed E-state index contributed by atoms with van der Waals surface area (Å²) in [6, 6.07) is 13.3. The quantitative estimate of drug-likeness (QED) is 0.620. The summed E-state index contributed by atoms with van der Waals surface area (Å²) in [4.78, 5) is 35.4. The van der Waals surface area contributed by atoms with E-state index in [0.29, 0.717) is 40.9 Å². The lowest BCUT2D eigenvalue weighted by atomic mass is 10.1. The molecule has 2 heterocycles. The molecular formula is C21H22ClN3O2S. The predicted octanol–water partition coefficient (Wildman–Crippen LogP) is 4.44. The number of carbonyl (C=O) groups excluding carboxylic acids is 1. The van der Waals surface area contributed by atoms with Gasteiger partial charge in [-0.05, 0) is 32.4 Å². The maximum atomic E-state index is 12.6. The maximum absolute atomic E-state index is 12.6. The Kier molecular flexibility index (Phi) is 6.65. The molecule has 0 unspecified atom stereocenters. The highest BCUT2D eigenvalue weighted by atomic mass is 35.5. The number of nitrogens with one attached hydrogen (secondary N) is 1. The SMILES string of the molecule is CCN(Cc1ccc(Cl)s1)C(=O)CCc1c(C)nc(-c2ccccc2)[nH]c1=O. The van der Waals surface area contributed by atoms with E-state index in [1.54, 1.807) is 4.90 Å². The fourth-order valence-electron chi connectivity index (χ4n) is 3.03. The molecule has 0 saturated carbocycles. The molecule has 146 valence electrons. The van der Waals surface area contributed by atoms with E-state index < -0.39 is 0 Å². The largest absolute Gasteiger partial charge is 0.338 e. The van der Waals surface area contributed by atoms with Gasteiger partial charge in [0.05, 0.1) is 10.9 Å². The van der Waals surface area contributed by atoms with Gasteiger partial charge >= 0.3 is 0 Å². The van der Waals surface area contributed by atoms with Gasteiger partial charge in [-0.25, -0.2) is 4.98 Å². The third kappa shape index (κ3) is 4.88. The van der Waals surface area contributed by atoms with Gasteiger partial charge in [0.25, 0.3) is 5.56 Å². The first kappa shape index (κ1) is 20.3. The molecular weight excluding hydrogens is 394 g/mol. The number of rotatable bonds is 7. The molecule has 0 bridgehead atoms. The number of thiophene rings is 1. The minimum Gasteiger partial charge on any atom is -0.338 e. The monoisotopic (exact) mass is 415 g/mol. The average Bonchev–Trinajstić information content (AvgIpc) is 3.10. The van der Waals surface area contributed by atoms with Crippen LogP contribution in [0.25, 0.3) is 11.4 Å². The normalized spacial score (nSPS) is 10.8. The molecule has 5 nitrogen and oxygen atoms in total. The van der Waals surface area contributed by atoms with Crippen molar-refractivity contribution in [3.63, 3.8) is 0 Å². The van der Waals surface area contributed by atoms with E-state index in [-0.39, 0.29) is 17.9 Å². The van der Waals surface area contributed by atoms with Crippen molar-refractivity contribution in [2.75, 3.05) is 6.54 Å². The Bertz CT molecular complexity index is 1010. The fraction of sp³-hybridized carbons (Fsp3) is 0.286. The summed E-state index contributed by atoms with van der Waals surface area (Å²) in [7, 11) is 0. The number of H-pyrrole nitrogens is 1. The van der Waals surface area contributed by atoms with Crippen LogP contribution in [0.4, 0.5) is 0 Å². The summed E-state index contributed by atoms with van der Waals surface area (Å²) >= 11 is 7.44. The van der Waals surface area contributed by atoms with Crippen LogP contribution in [-0.2, 0) is 17.8 Å². The van der Waals surface area contributed by atoms with Crippen LogP contribution < -0.4 is 5.56 Å². The predicted molar refractivity (Wildman–Crippen MR) is 114 cm³/mol. The van der Waals surface area contributed by atoms with Crippen molar-refractivity contribution in [1.29, 1.82) is 0 Å². The zero-order chi connectivity index (χ0) is 20.1. The van der Waals surface area contributed by atoms with Crippen LogP contribution in [0.2, 0.25) is 4.34 Å². The summed E-state index contributed by atoms with van der Waals surface area (Å²) in [6.45, 7) is 4.90. The molecule has 3 rings (SSSR count). The molecule has 3 aromatic rings. The molecule has 1 amide bonds. The average molecular weight is 416 g/mol. The minimum atomic E-state index is -0.188. The van der Waals surface area contributed by atoms with Crippen LogP contribution in [-0.4, -0.2) is 27.3 Å². The van der Waals surface area contributed by atoms with Crippen LogP contribution in [0.3, 0.4) is 0 Å². The highest BCUT2D eigenvalue weighted by Crippen LogP contribution is 2.23. The van der Waals surface area contributed by atoms with Crippen molar-refractivity contribution < 1.29 is 4.79 Å². The second kappa shape index (κ2) is 9.17. The first-order valence-electron chi connectivity index (χ1n) is 9.15. The Morgan fingerprint density at radius 1 is 1.21 bits per heavy atom. The van der Waals surface area contributed by atoms with Gasteiger partial charge in [0.15, 0.2) is 0 Å². The Hall–Kier alpha value is -2.44. The molecule has 7 heteroatoms. The number of halogens is 1. The maximum Gasteiger partial charge on any atom is 0.254 e. The lowest BCUT2D eigenvalue weighted by molar-refractivity contribution is -0.131. The van der Waals surface area contributed by atoms with Crippen molar-refractivity contribution >= 4 is 28.8 Å². The third-order valence-electron chi connectivity index (χ3n) is 4.57. The molecule has 2 aromatic heterocycles. The number of benzene rings is 1. The third-order valence-corrected chi connectivity index (χ3v) is 5.78. The van der Waals surface area contributed by atoms with E-state index in [4.69, 9.17) is 11.6 Å². The topological polar surface area (TPSA) is 66.1 Å². The Labute approximate surface area is 173 Å². The number of carbonyl (C=O) groups is 1. The number of hydrogen-bond acceptors (Lipinski definition) is 4. The van der Waals surface area contributed by atoms with Crippen molar-refractivity contribution in [3.8, 4) is 11.4 Å². The number of hydrogen-bond donors (Lipinski definition) is 1. The van der Waals surface area contributed by atoms with E-state index in [1.165, 1.54) is 11.3 Å². The standard InChI is InChI=1S/C21H22ClN3O2S/c1-3-25(13-16-9-11-18(22)28-16)19(26)12-10-17-14(2)23-20(24-21(17)27)15-7-5-4-6-8-15/h4-9,11H,3,10,12-13H2,1-2H3,(H,23,24,27). The molecule has 0 saturated heterocycles. The lowest BCUT2D eigenvalue weighted by Gasteiger charge is -2.20. The van der Waals surface area contributed by atoms with E-state index in [0.717, 1.165) is 10.4 Å². The van der Waals surface area contributed by atoms with Crippen molar-refractivity contribution in [1.82, 2.24) is 14.9 Å². The van der Waals surface area contributed by atoms with Gasteiger partial charge in [-0.3, -0.25) is 9.59 Å². The Morgan fingerprint density at radius 3 is 2.57 bits per heavy atom. The van der Waals surface area contributed by atoms with Crippen molar-refractivity contribution in [2.45, 2.75) is 33.2 Å². The molecule has 1 N–H and O–H groups in total. The molecule has 0 aliphatic rings. The molecule has 0 aliphatic heterocycles. The zero-order valence-corrected chi connectivity index (χ0v) is 17.4. The van der Waals surface area contributed by atoms with Crippen LogP contribution in [0.15, 0.2) is 47.3 Å². The first-order valence-corrected chi connectivity index (χ1v) is 10.3.